The second-order valence-corrected chi connectivity index (χ2v) is 3.15. The van der Waals surface area contributed by atoms with Crippen molar-refractivity contribution in [2.45, 2.75) is 0 Å². The molecule has 0 saturated carbocycles. The third-order valence-corrected chi connectivity index (χ3v) is 1.83. The van der Waals surface area contributed by atoms with Crippen molar-refractivity contribution in [1.82, 2.24) is 0 Å². The first-order valence-electron chi connectivity index (χ1n) is 3.18. The van der Waals surface area contributed by atoms with Crippen LogP contribution in [-0.2, 0) is 0 Å². The maximum atomic E-state index is 13.0. The Kier molecular flexibility index (Phi) is 2.82. The monoisotopic (exact) mass is 250 g/mol. The van der Waals surface area contributed by atoms with E-state index in [2.05, 4.69) is 21.1 Å². The van der Waals surface area contributed by atoms with Crippen LogP contribution in [0.4, 0.5) is 8.78 Å². The minimum atomic E-state index is -0.887. The summed E-state index contributed by atoms with van der Waals surface area (Å²) in [6.07, 6.45) is 0. The molecule has 0 fully saturated rings. The molecule has 0 aliphatic rings. The highest BCUT2D eigenvalue weighted by atomic mass is 79.9. The number of benzene rings is 1. The minimum absolute atomic E-state index is 0.247. The van der Waals surface area contributed by atoms with Gasteiger partial charge in [-0.3, -0.25) is 0 Å². The van der Waals surface area contributed by atoms with Crippen molar-refractivity contribution in [1.29, 1.82) is 0 Å². The van der Waals surface area contributed by atoms with Gasteiger partial charge >= 0.3 is 0 Å². The molecule has 0 aliphatic heterocycles. The second-order valence-electron chi connectivity index (χ2n) is 2.23. The first-order valence-corrected chi connectivity index (χ1v) is 3.98. The molecule has 1 rings (SSSR count). The molecule has 0 spiro atoms. The first kappa shape index (κ1) is 9.91. The van der Waals surface area contributed by atoms with Crippen molar-refractivity contribution in [3.63, 3.8) is 0 Å². The molecule has 3 N–H and O–H groups in total. The molecule has 13 heavy (non-hydrogen) atoms. The Morgan fingerprint density at radius 3 is 2.23 bits per heavy atom. The van der Waals surface area contributed by atoms with Crippen LogP contribution in [0.1, 0.15) is 5.56 Å². The summed E-state index contributed by atoms with van der Waals surface area (Å²) in [5.41, 5.74) is 4.51. The van der Waals surface area contributed by atoms with Gasteiger partial charge in [0.15, 0.2) is 5.84 Å². The summed E-state index contributed by atoms with van der Waals surface area (Å²) in [6, 6.07) is 2.05. The van der Waals surface area contributed by atoms with E-state index in [1.165, 1.54) is 0 Å². The zero-order valence-electron chi connectivity index (χ0n) is 6.26. The van der Waals surface area contributed by atoms with Crippen LogP contribution in [0.15, 0.2) is 21.8 Å². The SMILES string of the molecule is NC(=NO)c1c(F)cc(Br)cc1F. The molecule has 1 aromatic carbocycles. The van der Waals surface area contributed by atoms with Crippen molar-refractivity contribution in [2.75, 3.05) is 0 Å². The molecule has 0 aliphatic carbocycles. The van der Waals surface area contributed by atoms with Gasteiger partial charge in [0.05, 0.1) is 5.56 Å². The van der Waals surface area contributed by atoms with Gasteiger partial charge in [-0.2, -0.15) is 0 Å². The highest BCUT2D eigenvalue weighted by molar-refractivity contribution is 9.10. The van der Waals surface area contributed by atoms with Crippen LogP contribution in [0.3, 0.4) is 0 Å². The number of hydrogen-bond donors (Lipinski definition) is 2. The van der Waals surface area contributed by atoms with Crippen molar-refractivity contribution < 1.29 is 14.0 Å². The van der Waals surface area contributed by atoms with E-state index in [0.717, 1.165) is 12.1 Å². The summed E-state index contributed by atoms with van der Waals surface area (Å²) in [4.78, 5) is 0. The lowest BCUT2D eigenvalue weighted by Gasteiger charge is -2.02. The normalized spacial score (nSPS) is 11.8. The number of oxime groups is 1. The van der Waals surface area contributed by atoms with Gasteiger partial charge < -0.3 is 10.9 Å². The molecule has 0 amide bonds. The minimum Gasteiger partial charge on any atom is -0.409 e. The molecular weight excluding hydrogens is 246 g/mol. The highest BCUT2D eigenvalue weighted by Crippen LogP contribution is 2.18. The van der Waals surface area contributed by atoms with Crippen LogP contribution in [-0.4, -0.2) is 11.0 Å². The fourth-order valence-electron chi connectivity index (χ4n) is 0.837. The van der Waals surface area contributed by atoms with Gasteiger partial charge in [-0.05, 0) is 12.1 Å². The fraction of sp³-hybridized carbons (Fsp3) is 0. The average molecular weight is 251 g/mol. The summed E-state index contributed by atoms with van der Waals surface area (Å²) < 4.78 is 26.3. The van der Waals surface area contributed by atoms with E-state index in [9.17, 15) is 8.78 Å². The molecule has 1 aromatic rings. The highest BCUT2D eigenvalue weighted by Gasteiger charge is 2.14. The lowest BCUT2D eigenvalue weighted by Crippen LogP contribution is -2.17. The van der Waals surface area contributed by atoms with E-state index in [4.69, 9.17) is 10.9 Å². The molecule has 3 nitrogen and oxygen atoms in total. The van der Waals surface area contributed by atoms with Crippen LogP contribution in [0.2, 0.25) is 0 Å². The quantitative estimate of drug-likeness (QED) is 0.346. The Hall–Kier alpha value is -1.17. The molecule has 70 valence electrons. The third kappa shape index (κ3) is 1.95. The maximum Gasteiger partial charge on any atom is 0.176 e. The number of rotatable bonds is 1. The lowest BCUT2D eigenvalue weighted by atomic mass is 10.2. The standard InChI is InChI=1S/C7H5BrF2N2O/c8-3-1-4(9)6(5(10)2-3)7(11)12-13/h1-2,13H,(H2,11,12). The topological polar surface area (TPSA) is 58.6 Å². The zero-order chi connectivity index (χ0) is 10.0. The van der Waals surface area contributed by atoms with Gasteiger partial charge in [0.2, 0.25) is 0 Å². The van der Waals surface area contributed by atoms with E-state index in [1.807, 2.05) is 0 Å². The summed E-state index contributed by atoms with van der Waals surface area (Å²) >= 11 is 2.89. The molecule has 0 bridgehead atoms. The summed E-state index contributed by atoms with van der Waals surface area (Å²) in [5, 5.41) is 10.7. The molecule has 0 heterocycles. The molecular formula is C7H5BrF2N2O. The number of halogens is 3. The average Bonchev–Trinajstić information content (AvgIpc) is 2.02. The van der Waals surface area contributed by atoms with E-state index in [0.29, 0.717) is 0 Å². The van der Waals surface area contributed by atoms with Crippen LogP contribution >= 0.6 is 15.9 Å². The van der Waals surface area contributed by atoms with E-state index in [1.54, 1.807) is 0 Å². The Morgan fingerprint density at radius 1 is 1.38 bits per heavy atom. The Bertz CT molecular complexity index is 345. The molecule has 0 unspecified atom stereocenters. The van der Waals surface area contributed by atoms with Gasteiger partial charge in [-0.25, -0.2) is 8.78 Å². The molecule has 0 atom stereocenters. The smallest absolute Gasteiger partial charge is 0.176 e. The van der Waals surface area contributed by atoms with Crippen LogP contribution < -0.4 is 5.73 Å². The Balaban J connectivity index is 3.37. The molecule has 0 radical (unpaired) electrons. The predicted molar refractivity (Wildman–Crippen MR) is 46.6 cm³/mol. The fourth-order valence-corrected chi connectivity index (χ4v) is 1.24. The van der Waals surface area contributed by atoms with Crippen molar-refractivity contribution in [3.8, 4) is 0 Å². The van der Waals surface area contributed by atoms with Gasteiger partial charge in [0.1, 0.15) is 11.6 Å². The van der Waals surface area contributed by atoms with Crippen LogP contribution in [0, 0.1) is 11.6 Å². The van der Waals surface area contributed by atoms with Crippen LogP contribution in [0.25, 0.3) is 0 Å². The summed E-state index contributed by atoms with van der Waals surface area (Å²) in [7, 11) is 0. The van der Waals surface area contributed by atoms with Gasteiger partial charge in [-0.1, -0.05) is 21.1 Å². The van der Waals surface area contributed by atoms with Gasteiger partial charge in [0, 0.05) is 4.47 Å². The van der Waals surface area contributed by atoms with Crippen molar-refractivity contribution >= 4 is 21.8 Å². The maximum absolute atomic E-state index is 13.0. The molecule has 0 aromatic heterocycles. The zero-order valence-corrected chi connectivity index (χ0v) is 7.85. The number of nitrogens with zero attached hydrogens (tertiary/aromatic N) is 1. The summed E-state index contributed by atoms with van der Waals surface area (Å²) in [5.74, 6) is -2.37. The van der Waals surface area contributed by atoms with Crippen molar-refractivity contribution in [3.05, 3.63) is 33.8 Å². The Morgan fingerprint density at radius 2 is 1.85 bits per heavy atom. The molecule has 6 heteroatoms. The van der Waals surface area contributed by atoms with E-state index < -0.39 is 23.0 Å². The van der Waals surface area contributed by atoms with Crippen molar-refractivity contribution in [2.24, 2.45) is 10.9 Å². The number of nitrogens with two attached hydrogens (primary N) is 1. The number of amidine groups is 1. The van der Waals surface area contributed by atoms with Crippen LogP contribution in [0.5, 0.6) is 0 Å². The Labute approximate surface area is 81.0 Å². The largest absolute Gasteiger partial charge is 0.409 e. The predicted octanol–water partition coefficient (Wildman–Crippen LogP) is 1.82. The lowest BCUT2D eigenvalue weighted by molar-refractivity contribution is 0.318. The second kappa shape index (κ2) is 3.69. The third-order valence-electron chi connectivity index (χ3n) is 1.37. The summed E-state index contributed by atoms with van der Waals surface area (Å²) in [6.45, 7) is 0. The van der Waals surface area contributed by atoms with Gasteiger partial charge in [-0.15, -0.1) is 0 Å². The molecule has 0 saturated heterocycles. The van der Waals surface area contributed by atoms with E-state index in [-0.39, 0.29) is 4.47 Å². The number of hydrogen-bond acceptors (Lipinski definition) is 2. The van der Waals surface area contributed by atoms with E-state index >= 15 is 0 Å². The first-order chi connectivity index (χ1) is 6.06. The van der Waals surface area contributed by atoms with Gasteiger partial charge in [0.25, 0.3) is 0 Å².